The number of allylic oxidation sites excluding steroid dienone is 1. The fraction of sp³-hybridized carbons (Fsp3) is 0. The first-order valence-electron chi connectivity index (χ1n) is 12.5. The summed E-state index contributed by atoms with van der Waals surface area (Å²) < 4.78 is 2.92. The summed E-state index contributed by atoms with van der Waals surface area (Å²) in [6.07, 6.45) is 1.64. The molecule has 6 aromatic rings. The third-order valence-electron chi connectivity index (χ3n) is 6.97. The van der Waals surface area contributed by atoms with E-state index in [4.69, 9.17) is 28.2 Å². The molecule has 4 aromatic carbocycles. The summed E-state index contributed by atoms with van der Waals surface area (Å²) in [6.45, 7) is 0. The Morgan fingerprint density at radius 1 is 0.675 bits per heavy atom. The van der Waals surface area contributed by atoms with E-state index in [0.29, 0.717) is 5.69 Å². The van der Waals surface area contributed by atoms with Crippen LogP contribution < -0.4 is 0 Å². The summed E-state index contributed by atoms with van der Waals surface area (Å²) in [4.78, 5) is 31.5. The van der Waals surface area contributed by atoms with Crippen LogP contribution in [0.5, 0.6) is 0 Å². The normalized spacial score (nSPS) is 12.8. The SMILES string of the molecule is O=C1C(=Cc2cc3sc(-c4ccc(-c5ccccc5)cc4)nc3n2-c2ccccc2)C(=O)c2cc(Cl)c(Cl)cc21. The summed E-state index contributed by atoms with van der Waals surface area (Å²) in [5, 5.41) is 1.37. The molecule has 0 bridgehead atoms. The summed E-state index contributed by atoms with van der Waals surface area (Å²) in [7, 11) is 0. The Balaban J connectivity index is 1.33. The van der Waals surface area contributed by atoms with E-state index < -0.39 is 0 Å². The zero-order valence-corrected chi connectivity index (χ0v) is 23.1. The van der Waals surface area contributed by atoms with Crippen LogP contribution >= 0.6 is 34.5 Å². The Kier molecular flexibility index (Phi) is 6.01. The van der Waals surface area contributed by atoms with E-state index in [2.05, 4.69) is 36.4 Å². The maximum absolute atomic E-state index is 13.2. The Labute approximate surface area is 243 Å². The van der Waals surface area contributed by atoms with Crippen molar-refractivity contribution in [3.8, 4) is 27.4 Å². The topological polar surface area (TPSA) is 52.0 Å². The average Bonchev–Trinajstić information content (AvgIpc) is 3.61. The smallest absolute Gasteiger partial charge is 0.197 e. The molecule has 1 aliphatic rings. The van der Waals surface area contributed by atoms with Crippen molar-refractivity contribution >= 4 is 62.5 Å². The second-order valence-corrected chi connectivity index (χ2v) is 11.3. The minimum Gasteiger partial charge on any atom is -0.294 e. The van der Waals surface area contributed by atoms with Gasteiger partial charge in [0, 0.05) is 22.4 Å². The van der Waals surface area contributed by atoms with Crippen LogP contribution in [0.15, 0.2) is 109 Å². The number of aromatic nitrogens is 2. The maximum Gasteiger partial charge on any atom is 0.197 e. The second-order valence-electron chi connectivity index (χ2n) is 9.42. The molecule has 0 atom stereocenters. The molecule has 0 N–H and O–H groups in total. The van der Waals surface area contributed by atoms with E-state index >= 15 is 0 Å². The number of fused-ring (bicyclic) bond motifs is 2. The largest absolute Gasteiger partial charge is 0.294 e. The predicted octanol–water partition coefficient (Wildman–Crippen LogP) is 9.19. The molecule has 0 spiro atoms. The number of carbonyl (C=O) groups is 2. The van der Waals surface area contributed by atoms with E-state index in [-0.39, 0.29) is 38.3 Å². The van der Waals surface area contributed by atoms with Gasteiger partial charge in [0.05, 0.1) is 26.0 Å². The summed E-state index contributed by atoms with van der Waals surface area (Å²) in [5.41, 5.74) is 6.26. The molecule has 0 saturated carbocycles. The molecular weight excluding hydrogens is 559 g/mol. The lowest BCUT2D eigenvalue weighted by molar-refractivity contribution is 0.0990. The predicted molar refractivity (Wildman–Crippen MR) is 163 cm³/mol. The molecule has 0 radical (unpaired) electrons. The van der Waals surface area contributed by atoms with Crippen molar-refractivity contribution in [1.29, 1.82) is 0 Å². The van der Waals surface area contributed by atoms with Gasteiger partial charge >= 0.3 is 0 Å². The van der Waals surface area contributed by atoms with E-state index in [1.54, 1.807) is 17.4 Å². The van der Waals surface area contributed by atoms with Crippen molar-refractivity contribution < 1.29 is 9.59 Å². The van der Waals surface area contributed by atoms with Crippen molar-refractivity contribution in [3.63, 3.8) is 0 Å². The molecule has 4 nitrogen and oxygen atoms in total. The molecular formula is C33H18Cl2N2O2S. The van der Waals surface area contributed by atoms with Gasteiger partial charge in [-0.25, -0.2) is 4.98 Å². The average molecular weight is 577 g/mol. The number of Topliss-reactive ketones (excluding diaryl/α,β-unsaturated/α-hetero) is 2. The Bertz CT molecular complexity index is 1950. The lowest BCUT2D eigenvalue weighted by Crippen LogP contribution is -2.03. The number of halogens is 2. The molecule has 0 aliphatic heterocycles. The minimum absolute atomic E-state index is 0.0763. The number of hydrogen-bond donors (Lipinski definition) is 0. The zero-order chi connectivity index (χ0) is 27.4. The van der Waals surface area contributed by atoms with Gasteiger partial charge in [0.2, 0.25) is 0 Å². The van der Waals surface area contributed by atoms with Crippen LogP contribution in [0.1, 0.15) is 26.4 Å². The van der Waals surface area contributed by atoms with Crippen molar-refractivity contribution in [3.05, 3.63) is 136 Å². The first-order valence-corrected chi connectivity index (χ1v) is 14.1. The number of ketones is 2. The molecule has 7 rings (SSSR count). The number of rotatable bonds is 4. The highest BCUT2D eigenvalue weighted by atomic mass is 35.5. The van der Waals surface area contributed by atoms with Crippen LogP contribution in [0.4, 0.5) is 0 Å². The van der Waals surface area contributed by atoms with Crippen LogP contribution in [0.3, 0.4) is 0 Å². The highest BCUT2D eigenvalue weighted by Gasteiger charge is 2.34. The Morgan fingerprint density at radius 3 is 1.85 bits per heavy atom. The molecule has 2 aromatic heterocycles. The number of nitrogens with zero attached hydrogens (tertiary/aromatic N) is 2. The summed E-state index contributed by atoms with van der Waals surface area (Å²) >= 11 is 13.8. The van der Waals surface area contributed by atoms with Crippen LogP contribution in [0.2, 0.25) is 10.0 Å². The van der Waals surface area contributed by atoms with Gasteiger partial charge in [0.25, 0.3) is 0 Å². The first-order chi connectivity index (χ1) is 19.5. The number of para-hydroxylation sites is 1. The fourth-order valence-electron chi connectivity index (χ4n) is 5.01. The standard InChI is InChI=1S/C33H18Cl2N2O2S/c34-27-17-24-25(18-28(27)35)31(39)26(30(24)38)15-23-16-29-32(37(23)22-9-5-2-6-10-22)36-33(40-29)21-13-11-20(12-14-21)19-7-3-1-4-8-19/h1-18H. The van der Waals surface area contributed by atoms with E-state index in [1.807, 2.05) is 59.2 Å². The lowest BCUT2D eigenvalue weighted by atomic mass is 10.0. The summed E-state index contributed by atoms with van der Waals surface area (Å²) in [5.74, 6) is -0.732. The number of carbonyl (C=O) groups excluding carboxylic acids is 2. The van der Waals surface area contributed by atoms with Crippen LogP contribution in [-0.4, -0.2) is 21.1 Å². The quantitative estimate of drug-likeness (QED) is 0.155. The van der Waals surface area contributed by atoms with Gasteiger partial charge in [-0.05, 0) is 47.5 Å². The van der Waals surface area contributed by atoms with E-state index in [0.717, 1.165) is 37.7 Å². The molecule has 0 unspecified atom stereocenters. The van der Waals surface area contributed by atoms with Crippen LogP contribution in [-0.2, 0) is 0 Å². The molecule has 40 heavy (non-hydrogen) atoms. The summed E-state index contributed by atoms with van der Waals surface area (Å²) in [6, 6.07) is 33.3. The fourth-order valence-corrected chi connectivity index (χ4v) is 6.34. The molecule has 0 amide bonds. The molecule has 192 valence electrons. The van der Waals surface area contributed by atoms with Gasteiger partial charge in [-0.2, -0.15) is 0 Å². The zero-order valence-electron chi connectivity index (χ0n) is 20.8. The highest BCUT2D eigenvalue weighted by Crippen LogP contribution is 2.38. The number of hydrogen-bond acceptors (Lipinski definition) is 4. The van der Waals surface area contributed by atoms with Crippen molar-refractivity contribution in [2.24, 2.45) is 0 Å². The molecule has 0 fully saturated rings. The molecule has 7 heteroatoms. The van der Waals surface area contributed by atoms with Crippen molar-refractivity contribution in [2.45, 2.75) is 0 Å². The number of thiazole rings is 1. The van der Waals surface area contributed by atoms with Gasteiger partial charge in [-0.15, -0.1) is 11.3 Å². The third-order valence-corrected chi connectivity index (χ3v) is 8.73. The highest BCUT2D eigenvalue weighted by molar-refractivity contribution is 7.21. The van der Waals surface area contributed by atoms with Crippen LogP contribution in [0.25, 0.3) is 43.8 Å². The maximum atomic E-state index is 13.2. The van der Waals surface area contributed by atoms with Crippen LogP contribution in [0, 0.1) is 0 Å². The van der Waals surface area contributed by atoms with Gasteiger partial charge in [0.15, 0.2) is 17.2 Å². The third kappa shape index (κ3) is 4.11. The van der Waals surface area contributed by atoms with E-state index in [9.17, 15) is 9.59 Å². The first kappa shape index (κ1) is 24.7. The van der Waals surface area contributed by atoms with Crippen molar-refractivity contribution in [2.75, 3.05) is 0 Å². The van der Waals surface area contributed by atoms with Gasteiger partial charge in [-0.1, -0.05) is 96.0 Å². The van der Waals surface area contributed by atoms with Gasteiger partial charge in [-0.3, -0.25) is 14.2 Å². The lowest BCUT2D eigenvalue weighted by Gasteiger charge is -2.08. The molecule has 0 saturated heterocycles. The second kappa shape index (κ2) is 9.72. The van der Waals surface area contributed by atoms with Crippen molar-refractivity contribution in [1.82, 2.24) is 9.55 Å². The molecule has 1 aliphatic carbocycles. The Hall–Kier alpha value is -4.29. The van der Waals surface area contributed by atoms with E-state index in [1.165, 1.54) is 12.1 Å². The molecule has 2 heterocycles. The minimum atomic E-state index is -0.366. The van der Waals surface area contributed by atoms with Gasteiger partial charge < -0.3 is 0 Å². The number of benzene rings is 4. The monoisotopic (exact) mass is 576 g/mol. The van der Waals surface area contributed by atoms with Gasteiger partial charge in [0.1, 0.15) is 5.01 Å². The Morgan fingerprint density at radius 2 is 1.23 bits per heavy atom.